The molecular formula is C14H28N2O. The summed E-state index contributed by atoms with van der Waals surface area (Å²) >= 11 is 0. The van der Waals surface area contributed by atoms with E-state index < -0.39 is 0 Å². The third kappa shape index (κ3) is 3.94. The van der Waals surface area contributed by atoms with Gasteiger partial charge in [0.15, 0.2) is 0 Å². The molecule has 0 aromatic rings. The fraction of sp³-hybridized carbons (Fsp3) is 1.00. The molecule has 2 unspecified atom stereocenters. The number of ether oxygens (including phenoxy) is 1. The summed E-state index contributed by atoms with van der Waals surface area (Å²) in [5.74, 6) is 0.733. The van der Waals surface area contributed by atoms with Crippen LogP contribution in [0.1, 0.15) is 44.9 Å². The van der Waals surface area contributed by atoms with Crippen LogP contribution in [-0.2, 0) is 4.74 Å². The van der Waals surface area contributed by atoms with Gasteiger partial charge in [0.25, 0.3) is 0 Å². The second-order valence-corrected chi connectivity index (χ2v) is 5.80. The molecule has 0 aromatic carbocycles. The number of hydrogen-bond donors (Lipinski definition) is 1. The predicted octanol–water partition coefficient (Wildman–Crippen LogP) is 2.00. The van der Waals surface area contributed by atoms with Crippen molar-refractivity contribution in [1.29, 1.82) is 0 Å². The van der Waals surface area contributed by atoms with Crippen LogP contribution in [0.2, 0.25) is 0 Å². The van der Waals surface area contributed by atoms with Crippen LogP contribution in [0.25, 0.3) is 0 Å². The summed E-state index contributed by atoms with van der Waals surface area (Å²) in [6.07, 6.45) is 9.56. The first-order chi connectivity index (χ1) is 8.29. The molecule has 1 saturated heterocycles. The zero-order chi connectivity index (χ0) is 12.1. The van der Waals surface area contributed by atoms with Gasteiger partial charge in [0.05, 0.1) is 6.10 Å². The molecule has 1 aliphatic heterocycles. The summed E-state index contributed by atoms with van der Waals surface area (Å²) < 4.78 is 5.42. The maximum Gasteiger partial charge on any atom is 0.0595 e. The van der Waals surface area contributed by atoms with Crippen molar-refractivity contribution in [1.82, 2.24) is 4.90 Å². The quantitative estimate of drug-likeness (QED) is 0.767. The van der Waals surface area contributed by atoms with Crippen molar-refractivity contribution in [2.45, 2.75) is 57.1 Å². The number of nitrogens with two attached hydrogens (primary N) is 1. The molecule has 3 nitrogen and oxygen atoms in total. The van der Waals surface area contributed by atoms with E-state index in [-0.39, 0.29) is 0 Å². The van der Waals surface area contributed by atoms with Crippen molar-refractivity contribution in [3.63, 3.8) is 0 Å². The predicted molar refractivity (Wildman–Crippen MR) is 71.0 cm³/mol. The summed E-state index contributed by atoms with van der Waals surface area (Å²) in [5, 5.41) is 0. The Morgan fingerprint density at radius 1 is 1.06 bits per heavy atom. The smallest absolute Gasteiger partial charge is 0.0595 e. The van der Waals surface area contributed by atoms with Gasteiger partial charge in [-0.15, -0.1) is 0 Å². The van der Waals surface area contributed by atoms with Crippen LogP contribution < -0.4 is 5.73 Å². The van der Waals surface area contributed by atoms with E-state index in [9.17, 15) is 0 Å². The molecule has 1 saturated carbocycles. The molecule has 1 heterocycles. The Hall–Kier alpha value is -0.120. The Balaban J connectivity index is 1.76. The minimum Gasteiger partial charge on any atom is -0.381 e. The van der Waals surface area contributed by atoms with Gasteiger partial charge in [-0.1, -0.05) is 19.3 Å². The van der Waals surface area contributed by atoms with Crippen LogP contribution in [0.4, 0.5) is 0 Å². The minimum absolute atomic E-state index is 0.442. The highest BCUT2D eigenvalue weighted by Gasteiger charge is 2.25. The monoisotopic (exact) mass is 240 g/mol. The van der Waals surface area contributed by atoms with Gasteiger partial charge in [0.1, 0.15) is 0 Å². The lowest BCUT2D eigenvalue weighted by Crippen LogP contribution is -2.43. The molecule has 2 fully saturated rings. The maximum absolute atomic E-state index is 6.30. The van der Waals surface area contributed by atoms with Crippen molar-refractivity contribution in [3.05, 3.63) is 0 Å². The second-order valence-electron chi connectivity index (χ2n) is 5.80. The molecular weight excluding hydrogens is 212 g/mol. The van der Waals surface area contributed by atoms with E-state index in [0.29, 0.717) is 12.1 Å². The largest absolute Gasteiger partial charge is 0.381 e. The van der Waals surface area contributed by atoms with Gasteiger partial charge in [-0.25, -0.2) is 0 Å². The Bertz CT molecular complexity index is 214. The number of hydrogen-bond acceptors (Lipinski definition) is 3. The summed E-state index contributed by atoms with van der Waals surface area (Å²) in [4.78, 5) is 2.60. The summed E-state index contributed by atoms with van der Waals surface area (Å²) in [6, 6.07) is 0.442. The van der Waals surface area contributed by atoms with Crippen molar-refractivity contribution >= 4 is 0 Å². The Labute approximate surface area is 106 Å². The minimum atomic E-state index is 0.442. The first kappa shape index (κ1) is 13.3. The Morgan fingerprint density at radius 3 is 2.47 bits per heavy atom. The lowest BCUT2D eigenvalue weighted by atomic mass is 9.94. The van der Waals surface area contributed by atoms with E-state index in [1.54, 1.807) is 0 Å². The summed E-state index contributed by atoms with van der Waals surface area (Å²) in [5.41, 5.74) is 6.30. The number of nitrogens with zero attached hydrogens (tertiary/aromatic N) is 1. The van der Waals surface area contributed by atoms with Crippen LogP contribution in [0.3, 0.4) is 0 Å². The lowest BCUT2D eigenvalue weighted by Gasteiger charge is -2.35. The highest BCUT2D eigenvalue weighted by atomic mass is 16.5. The first-order valence-electron chi connectivity index (χ1n) is 7.30. The highest BCUT2D eigenvalue weighted by Crippen LogP contribution is 2.24. The van der Waals surface area contributed by atoms with E-state index in [1.807, 2.05) is 7.11 Å². The topological polar surface area (TPSA) is 38.5 Å². The van der Waals surface area contributed by atoms with Gasteiger partial charge in [0, 0.05) is 32.8 Å². The van der Waals surface area contributed by atoms with Crippen molar-refractivity contribution < 1.29 is 4.74 Å². The number of piperidine rings is 1. The zero-order valence-electron chi connectivity index (χ0n) is 11.2. The molecule has 0 amide bonds. The van der Waals surface area contributed by atoms with Crippen LogP contribution in [0.15, 0.2) is 0 Å². The van der Waals surface area contributed by atoms with Gasteiger partial charge in [-0.3, -0.25) is 0 Å². The molecule has 0 bridgehead atoms. The van der Waals surface area contributed by atoms with Gasteiger partial charge in [0.2, 0.25) is 0 Å². The molecule has 2 atom stereocenters. The van der Waals surface area contributed by atoms with E-state index in [4.69, 9.17) is 10.5 Å². The normalized spacial score (nSPS) is 33.5. The summed E-state index contributed by atoms with van der Waals surface area (Å²) in [6.45, 7) is 3.61. The first-order valence-corrected chi connectivity index (χ1v) is 7.30. The number of methoxy groups -OCH3 is 1. The molecule has 0 aromatic heterocycles. The third-order valence-corrected chi connectivity index (χ3v) is 4.58. The van der Waals surface area contributed by atoms with Crippen molar-refractivity contribution in [3.8, 4) is 0 Å². The molecule has 17 heavy (non-hydrogen) atoms. The molecule has 0 radical (unpaired) electrons. The molecule has 2 N–H and O–H groups in total. The number of rotatable bonds is 3. The third-order valence-electron chi connectivity index (χ3n) is 4.58. The van der Waals surface area contributed by atoms with Crippen molar-refractivity contribution in [2.75, 3.05) is 26.7 Å². The van der Waals surface area contributed by atoms with Crippen LogP contribution >= 0.6 is 0 Å². The fourth-order valence-corrected chi connectivity index (χ4v) is 3.30. The molecule has 2 rings (SSSR count). The summed E-state index contributed by atoms with van der Waals surface area (Å²) in [7, 11) is 1.83. The maximum atomic E-state index is 6.30. The molecule has 3 heteroatoms. The second kappa shape index (κ2) is 6.72. The van der Waals surface area contributed by atoms with Gasteiger partial charge in [-0.2, -0.15) is 0 Å². The standard InChI is InChI=1S/C14H28N2O/c1-17-13-7-9-16(10-8-13)11-12-5-3-2-4-6-14(12)15/h12-14H,2-11,15H2,1H3. The van der Waals surface area contributed by atoms with Gasteiger partial charge < -0.3 is 15.4 Å². The van der Waals surface area contributed by atoms with Gasteiger partial charge in [-0.05, 0) is 31.6 Å². The van der Waals surface area contributed by atoms with E-state index in [0.717, 1.165) is 5.92 Å². The molecule has 0 spiro atoms. The van der Waals surface area contributed by atoms with E-state index >= 15 is 0 Å². The van der Waals surface area contributed by atoms with Crippen LogP contribution in [0, 0.1) is 5.92 Å². The molecule has 100 valence electrons. The number of likely N-dealkylation sites (tertiary alicyclic amines) is 1. The highest BCUT2D eigenvalue weighted by molar-refractivity contribution is 4.81. The van der Waals surface area contributed by atoms with Gasteiger partial charge >= 0.3 is 0 Å². The Morgan fingerprint density at radius 2 is 1.76 bits per heavy atom. The average molecular weight is 240 g/mol. The Kier molecular flexibility index (Phi) is 5.26. The molecule has 1 aliphatic carbocycles. The fourth-order valence-electron chi connectivity index (χ4n) is 3.30. The van der Waals surface area contributed by atoms with E-state index in [2.05, 4.69) is 4.90 Å². The van der Waals surface area contributed by atoms with Crippen LogP contribution in [-0.4, -0.2) is 43.8 Å². The molecule has 2 aliphatic rings. The average Bonchev–Trinajstić information content (AvgIpc) is 2.56. The van der Waals surface area contributed by atoms with E-state index in [1.165, 1.54) is 64.6 Å². The van der Waals surface area contributed by atoms with Crippen molar-refractivity contribution in [2.24, 2.45) is 11.7 Å². The van der Waals surface area contributed by atoms with Crippen LogP contribution in [0.5, 0.6) is 0 Å². The SMILES string of the molecule is COC1CCN(CC2CCCCCC2N)CC1. The zero-order valence-corrected chi connectivity index (χ0v) is 11.2. The lowest BCUT2D eigenvalue weighted by molar-refractivity contribution is 0.0349.